The highest BCUT2D eigenvalue weighted by Crippen LogP contribution is 2.29. The minimum Gasteiger partial charge on any atom is -0.495 e. The van der Waals surface area contributed by atoms with Gasteiger partial charge in [0.15, 0.2) is 5.76 Å². The van der Waals surface area contributed by atoms with Gasteiger partial charge in [-0.2, -0.15) is 0 Å². The normalized spacial score (nSPS) is 11.7. The average molecular weight is 374 g/mol. The lowest BCUT2D eigenvalue weighted by Crippen LogP contribution is -2.22. The minimum atomic E-state index is -3.64. The van der Waals surface area contributed by atoms with Crippen LogP contribution in [-0.2, 0) is 10.0 Å². The maximum Gasteiger partial charge on any atom is 0.291 e. The van der Waals surface area contributed by atoms with Crippen molar-refractivity contribution in [2.75, 3.05) is 26.5 Å². The molecular weight excluding hydrogens is 356 g/mol. The van der Waals surface area contributed by atoms with Gasteiger partial charge in [0.1, 0.15) is 11.3 Å². The number of carbonyl (C=O) groups excluding carboxylic acids is 1. The monoisotopic (exact) mass is 374 g/mol. The van der Waals surface area contributed by atoms with Crippen molar-refractivity contribution in [2.24, 2.45) is 0 Å². The number of sulfonamides is 1. The highest BCUT2D eigenvalue weighted by atomic mass is 32.2. The number of methoxy groups -OCH3 is 1. The number of furan rings is 1. The van der Waals surface area contributed by atoms with Crippen molar-refractivity contribution in [1.29, 1.82) is 0 Å². The van der Waals surface area contributed by atoms with E-state index in [9.17, 15) is 13.2 Å². The first-order valence-corrected chi connectivity index (χ1v) is 9.17. The topological polar surface area (TPSA) is 88.9 Å². The van der Waals surface area contributed by atoms with Crippen LogP contribution in [0.3, 0.4) is 0 Å². The zero-order chi connectivity index (χ0) is 18.9. The van der Waals surface area contributed by atoms with E-state index >= 15 is 0 Å². The Morgan fingerprint density at radius 3 is 2.50 bits per heavy atom. The smallest absolute Gasteiger partial charge is 0.291 e. The molecule has 1 aromatic heterocycles. The number of fused-ring (bicyclic) bond motifs is 1. The number of ether oxygens (including phenoxy) is 1. The quantitative estimate of drug-likeness (QED) is 0.742. The summed E-state index contributed by atoms with van der Waals surface area (Å²) in [5.41, 5.74) is 0.828. The van der Waals surface area contributed by atoms with E-state index in [1.54, 1.807) is 12.1 Å². The molecule has 1 heterocycles. The predicted molar refractivity (Wildman–Crippen MR) is 98.0 cm³/mol. The van der Waals surface area contributed by atoms with Gasteiger partial charge < -0.3 is 14.5 Å². The van der Waals surface area contributed by atoms with Gasteiger partial charge in [-0.25, -0.2) is 12.7 Å². The molecule has 1 N–H and O–H groups in total. The van der Waals surface area contributed by atoms with Gasteiger partial charge in [-0.15, -0.1) is 0 Å². The van der Waals surface area contributed by atoms with Crippen LogP contribution in [0.25, 0.3) is 11.0 Å². The fraction of sp³-hybridized carbons (Fsp3) is 0.167. The molecule has 8 heteroatoms. The number of amides is 1. The van der Waals surface area contributed by atoms with Crippen molar-refractivity contribution >= 4 is 32.6 Å². The summed E-state index contributed by atoms with van der Waals surface area (Å²) < 4.78 is 36.5. The zero-order valence-electron chi connectivity index (χ0n) is 14.5. The molecule has 0 unspecified atom stereocenters. The van der Waals surface area contributed by atoms with E-state index in [-0.39, 0.29) is 16.3 Å². The van der Waals surface area contributed by atoms with Gasteiger partial charge in [-0.1, -0.05) is 18.2 Å². The number of carbonyl (C=O) groups is 1. The Morgan fingerprint density at radius 1 is 1.12 bits per heavy atom. The molecule has 0 saturated heterocycles. The Hall–Kier alpha value is -2.84. The second-order valence-corrected chi connectivity index (χ2v) is 7.90. The number of hydrogen-bond donors (Lipinski definition) is 1. The third-order valence-electron chi connectivity index (χ3n) is 3.85. The molecular formula is C18H18N2O5S. The van der Waals surface area contributed by atoms with Crippen LogP contribution in [0.5, 0.6) is 5.75 Å². The second kappa shape index (κ2) is 6.81. The summed E-state index contributed by atoms with van der Waals surface area (Å²) in [4.78, 5) is 12.6. The first kappa shape index (κ1) is 18.0. The SMILES string of the molecule is COc1ccc(S(=O)(=O)N(C)C)cc1NC(=O)c1cc2ccccc2o1. The second-order valence-electron chi connectivity index (χ2n) is 5.75. The number of rotatable bonds is 5. The fourth-order valence-electron chi connectivity index (χ4n) is 2.43. The Kier molecular flexibility index (Phi) is 4.71. The van der Waals surface area contributed by atoms with Gasteiger partial charge in [-0.05, 0) is 30.3 Å². The molecule has 0 bridgehead atoms. The van der Waals surface area contributed by atoms with Crippen molar-refractivity contribution in [3.05, 3.63) is 54.3 Å². The average Bonchev–Trinajstić information content (AvgIpc) is 3.05. The summed E-state index contributed by atoms with van der Waals surface area (Å²) in [6.07, 6.45) is 0. The van der Waals surface area contributed by atoms with Gasteiger partial charge in [-0.3, -0.25) is 4.79 Å². The predicted octanol–water partition coefficient (Wildman–Crippen LogP) is 2.94. The van der Waals surface area contributed by atoms with E-state index in [1.807, 2.05) is 18.2 Å². The maximum absolute atomic E-state index is 12.5. The molecule has 1 amide bonds. The van der Waals surface area contributed by atoms with Crippen molar-refractivity contribution < 1.29 is 22.4 Å². The Bertz CT molecular complexity index is 1040. The molecule has 7 nitrogen and oxygen atoms in total. The summed E-state index contributed by atoms with van der Waals surface area (Å²) in [5.74, 6) is -0.0415. The van der Waals surface area contributed by atoms with E-state index < -0.39 is 15.9 Å². The number of anilines is 1. The lowest BCUT2D eigenvalue weighted by atomic mass is 10.2. The van der Waals surface area contributed by atoms with E-state index in [0.717, 1.165) is 9.69 Å². The first-order valence-electron chi connectivity index (χ1n) is 7.73. The maximum atomic E-state index is 12.5. The number of benzene rings is 2. The number of hydrogen-bond acceptors (Lipinski definition) is 5. The standard InChI is InChI=1S/C18H18N2O5S/c1-20(2)26(22,23)13-8-9-16(24-3)14(11-13)19-18(21)17-10-12-6-4-5-7-15(12)25-17/h4-11H,1-3H3,(H,19,21). The van der Waals surface area contributed by atoms with Crippen LogP contribution in [-0.4, -0.2) is 39.8 Å². The molecule has 26 heavy (non-hydrogen) atoms. The minimum absolute atomic E-state index is 0.0446. The van der Waals surface area contributed by atoms with Crippen LogP contribution in [0, 0.1) is 0 Å². The molecule has 3 aromatic rings. The van der Waals surface area contributed by atoms with E-state index in [4.69, 9.17) is 9.15 Å². The molecule has 136 valence electrons. The lowest BCUT2D eigenvalue weighted by Gasteiger charge is -2.14. The third-order valence-corrected chi connectivity index (χ3v) is 5.66. The number of nitrogens with zero attached hydrogens (tertiary/aromatic N) is 1. The summed E-state index contributed by atoms with van der Waals surface area (Å²) in [6.45, 7) is 0. The number of nitrogens with one attached hydrogen (secondary N) is 1. The first-order chi connectivity index (χ1) is 12.3. The van der Waals surface area contributed by atoms with Crippen LogP contribution in [0.2, 0.25) is 0 Å². The summed E-state index contributed by atoms with van der Waals surface area (Å²) in [6, 6.07) is 13.1. The molecule has 0 radical (unpaired) electrons. The molecule has 0 fully saturated rings. The van der Waals surface area contributed by atoms with Gasteiger partial charge >= 0.3 is 0 Å². The highest BCUT2D eigenvalue weighted by molar-refractivity contribution is 7.89. The summed E-state index contributed by atoms with van der Waals surface area (Å²) in [7, 11) is 0.668. The summed E-state index contributed by atoms with van der Waals surface area (Å²) >= 11 is 0. The number of para-hydroxylation sites is 1. The van der Waals surface area contributed by atoms with E-state index in [2.05, 4.69) is 5.32 Å². The van der Waals surface area contributed by atoms with Gasteiger partial charge in [0.2, 0.25) is 10.0 Å². The molecule has 0 spiro atoms. The molecule has 0 saturated carbocycles. The van der Waals surface area contributed by atoms with E-state index in [1.165, 1.54) is 39.4 Å². The zero-order valence-corrected chi connectivity index (χ0v) is 15.3. The lowest BCUT2D eigenvalue weighted by molar-refractivity contribution is 0.0998. The Labute approximate surface area is 151 Å². The van der Waals surface area contributed by atoms with E-state index in [0.29, 0.717) is 11.3 Å². The fourth-order valence-corrected chi connectivity index (χ4v) is 3.36. The molecule has 0 aliphatic heterocycles. The van der Waals surface area contributed by atoms with Gasteiger partial charge in [0, 0.05) is 19.5 Å². The Balaban J connectivity index is 1.96. The van der Waals surface area contributed by atoms with Crippen molar-refractivity contribution in [1.82, 2.24) is 4.31 Å². The van der Waals surface area contributed by atoms with Gasteiger partial charge in [0.05, 0.1) is 17.7 Å². The van der Waals surface area contributed by atoms with Crippen LogP contribution in [0.4, 0.5) is 5.69 Å². The van der Waals surface area contributed by atoms with Crippen LogP contribution < -0.4 is 10.1 Å². The largest absolute Gasteiger partial charge is 0.495 e. The Morgan fingerprint density at radius 2 is 1.85 bits per heavy atom. The molecule has 2 aromatic carbocycles. The van der Waals surface area contributed by atoms with Gasteiger partial charge in [0.25, 0.3) is 5.91 Å². The molecule has 0 atom stereocenters. The van der Waals surface area contributed by atoms with Crippen LogP contribution in [0.15, 0.2) is 57.8 Å². The van der Waals surface area contributed by atoms with Crippen LogP contribution in [0.1, 0.15) is 10.6 Å². The van der Waals surface area contributed by atoms with Crippen molar-refractivity contribution in [2.45, 2.75) is 4.90 Å². The van der Waals surface area contributed by atoms with Crippen LogP contribution >= 0.6 is 0 Å². The van der Waals surface area contributed by atoms with Crippen molar-refractivity contribution in [3.8, 4) is 5.75 Å². The molecule has 0 aliphatic carbocycles. The summed E-state index contributed by atoms with van der Waals surface area (Å²) in [5, 5.41) is 3.45. The third kappa shape index (κ3) is 3.29. The molecule has 3 rings (SSSR count). The van der Waals surface area contributed by atoms with Crippen molar-refractivity contribution in [3.63, 3.8) is 0 Å². The highest BCUT2D eigenvalue weighted by Gasteiger charge is 2.21. The molecule has 0 aliphatic rings.